The van der Waals surface area contributed by atoms with Gasteiger partial charge in [0.1, 0.15) is 0 Å². The molecule has 2 saturated heterocycles. The smallest absolute Gasteiger partial charge is 0.342 e. The van der Waals surface area contributed by atoms with E-state index in [0.29, 0.717) is 18.3 Å². The van der Waals surface area contributed by atoms with Crippen molar-refractivity contribution in [3.8, 4) is 0 Å². The predicted octanol–water partition coefficient (Wildman–Crippen LogP) is 2.56. The fourth-order valence-electron chi connectivity index (χ4n) is 3.62. The molecule has 6 heteroatoms. The summed E-state index contributed by atoms with van der Waals surface area (Å²) in [5.74, 6) is 1.01. The highest BCUT2D eigenvalue weighted by Gasteiger charge is 2.39. The zero-order valence-electron chi connectivity index (χ0n) is 13.1. The van der Waals surface area contributed by atoms with E-state index >= 15 is 0 Å². The predicted molar refractivity (Wildman–Crippen MR) is 80.7 cm³/mol. The van der Waals surface area contributed by atoms with Gasteiger partial charge >= 0.3 is 6.18 Å². The minimum atomic E-state index is -4.32. The van der Waals surface area contributed by atoms with Crippen molar-refractivity contribution < 1.29 is 18.0 Å². The van der Waals surface area contributed by atoms with Gasteiger partial charge < -0.3 is 10.2 Å². The second kappa shape index (κ2) is 6.15. The topological polar surface area (TPSA) is 32.3 Å². The van der Waals surface area contributed by atoms with Crippen molar-refractivity contribution in [3.63, 3.8) is 0 Å². The van der Waals surface area contributed by atoms with Crippen molar-refractivity contribution in [2.24, 2.45) is 17.8 Å². The summed E-state index contributed by atoms with van der Waals surface area (Å²) in [4.78, 5) is 14.5. The van der Waals surface area contributed by atoms with Crippen LogP contribution in [0.4, 0.5) is 13.2 Å². The molecule has 2 aliphatic heterocycles. The van der Waals surface area contributed by atoms with Crippen molar-refractivity contribution in [1.29, 1.82) is 0 Å². The van der Waals surface area contributed by atoms with Crippen LogP contribution < -0.4 is 5.32 Å². The zero-order valence-corrected chi connectivity index (χ0v) is 13.1. The van der Waals surface area contributed by atoms with Crippen LogP contribution in [-0.2, 0) is 17.4 Å². The van der Waals surface area contributed by atoms with Gasteiger partial charge in [-0.3, -0.25) is 4.79 Å². The third-order valence-corrected chi connectivity index (χ3v) is 4.95. The molecular weight excluding hydrogens is 305 g/mol. The highest BCUT2D eigenvalue weighted by molar-refractivity contribution is 5.79. The van der Waals surface area contributed by atoms with Gasteiger partial charge in [-0.2, -0.15) is 13.2 Å². The molecule has 0 saturated carbocycles. The lowest BCUT2D eigenvalue weighted by atomic mass is 9.99. The van der Waals surface area contributed by atoms with Crippen LogP contribution in [0, 0.1) is 17.8 Å². The first-order chi connectivity index (χ1) is 10.8. The number of nitrogens with one attached hydrogen (secondary N) is 1. The van der Waals surface area contributed by atoms with E-state index in [2.05, 4.69) is 5.32 Å². The molecule has 1 amide bonds. The van der Waals surface area contributed by atoms with Crippen molar-refractivity contribution in [2.45, 2.75) is 19.5 Å². The molecule has 1 unspecified atom stereocenters. The molecule has 1 aromatic rings. The molecule has 126 valence electrons. The molecule has 3 rings (SSSR count). The first kappa shape index (κ1) is 16.3. The Hall–Kier alpha value is -1.56. The zero-order chi connectivity index (χ0) is 16.6. The Bertz CT molecular complexity index is 558. The van der Waals surface area contributed by atoms with Crippen LogP contribution in [0.2, 0.25) is 0 Å². The molecule has 2 aliphatic rings. The number of benzene rings is 1. The molecule has 1 aromatic carbocycles. The number of amides is 1. The van der Waals surface area contributed by atoms with E-state index in [-0.39, 0.29) is 11.8 Å². The Labute approximate surface area is 133 Å². The third-order valence-electron chi connectivity index (χ3n) is 4.95. The molecule has 3 nitrogen and oxygen atoms in total. The molecule has 23 heavy (non-hydrogen) atoms. The number of carbonyl (C=O) groups is 1. The van der Waals surface area contributed by atoms with Crippen LogP contribution in [0.5, 0.6) is 0 Å². The number of carbonyl (C=O) groups excluding carboxylic acids is 1. The fraction of sp³-hybridized carbons (Fsp3) is 0.588. The van der Waals surface area contributed by atoms with Gasteiger partial charge in [-0.05, 0) is 36.0 Å². The molecule has 2 heterocycles. The highest BCUT2D eigenvalue weighted by Crippen LogP contribution is 2.30. The summed E-state index contributed by atoms with van der Waals surface area (Å²) < 4.78 is 37.7. The molecule has 0 bridgehead atoms. The van der Waals surface area contributed by atoms with Gasteiger partial charge in [0.25, 0.3) is 0 Å². The van der Waals surface area contributed by atoms with Crippen LogP contribution in [-0.4, -0.2) is 37.0 Å². The Morgan fingerprint density at radius 3 is 2.30 bits per heavy atom. The van der Waals surface area contributed by atoms with Gasteiger partial charge in [0, 0.05) is 32.1 Å². The first-order valence-electron chi connectivity index (χ1n) is 8.00. The summed E-state index contributed by atoms with van der Waals surface area (Å²) in [7, 11) is 0. The van der Waals surface area contributed by atoms with E-state index in [1.54, 1.807) is 0 Å². The molecular formula is C17H21F3N2O. The van der Waals surface area contributed by atoms with Gasteiger partial charge in [0.05, 0.1) is 5.56 Å². The van der Waals surface area contributed by atoms with Crippen LogP contribution in [0.15, 0.2) is 24.3 Å². The summed E-state index contributed by atoms with van der Waals surface area (Å²) in [6.07, 6.45) is -3.84. The molecule has 1 N–H and O–H groups in total. The van der Waals surface area contributed by atoms with Gasteiger partial charge in [0.15, 0.2) is 0 Å². The number of hydrogen-bond donors (Lipinski definition) is 1. The second-order valence-corrected chi connectivity index (χ2v) is 6.72. The quantitative estimate of drug-likeness (QED) is 0.926. The first-order valence-corrected chi connectivity index (χ1v) is 8.00. The van der Waals surface area contributed by atoms with Gasteiger partial charge in [-0.15, -0.1) is 0 Å². The third kappa shape index (κ3) is 3.52. The monoisotopic (exact) mass is 326 g/mol. The van der Waals surface area contributed by atoms with E-state index in [1.807, 2.05) is 11.8 Å². The maximum absolute atomic E-state index is 12.6. The highest BCUT2D eigenvalue weighted by atomic mass is 19.4. The summed E-state index contributed by atoms with van der Waals surface area (Å²) in [5, 5.41) is 3.34. The largest absolute Gasteiger partial charge is 0.416 e. The normalized spacial score (nSPS) is 25.5. The molecule has 0 spiro atoms. The Morgan fingerprint density at radius 1 is 1.22 bits per heavy atom. The number of fused-ring (bicyclic) bond motifs is 1. The van der Waals surface area contributed by atoms with Crippen LogP contribution in [0.1, 0.15) is 18.1 Å². The van der Waals surface area contributed by atoms with Crippen molar-refractivity contribution in [3.05, 3.63) is 35.4 Å². The van der Waals surface area contributed by atoms with E-state index in [9.17, 15) is 18.0 Å². The van der Waals surface area contributed by atoms with Crippen LogP contribution >= 0.6 is 0 Å². The van der Waals surface area contributed by atoms with Crippen LogP contribution in [0.25, 0.3) is 0 Å². The lowest BCUT2D eigenvalue weighted by Crippen LogP contribution is -2.36. The lowest BCUT2D eigenvalue weighted by Gasteiger charge is -2.22. The standard InChI is InChI=1S/C17H21F3N2O/c1-11(6-12-2-4-15(5-3-12)17(18,19)20)16(23)22-9-13-7-21-8-14(13)10-22/h2-5,11,13-14,21H,6-10H2,1H3/t11?,13-,14+. The van der Waals surface area contributed by atoms with Gasteiger partial charge in [-0.1, -0.05) is 19.1 Å². The minimum Gasteiger partial charge on any atom is -0.342 e. The van der Waals surface area contributed by atoms with Gasteiger partial charge in [-0.25, -0.2) is 0 Å². The average molecular weight is 326 g/mol. The summed E-state index contributed by atoms with van der Waals surface area (Å²) in [6.45, 7) is 5.40. The number of alkyl halides is 3. The summed E-state index contributed by atoms with van der Waals surface area (Å²) in [5.41, 5.74) is 0.111. The number of hydrogen-bond acceptors (Lipinski definition) is 2. The summed E-state index contributed by atoms with van der Waals surface area (Å²) in [6, 6.07) is 5.10. The molecule has 2 fully saturated rings. The van der Waals surface area contributed by atoms with Crippen molar-refractivity contribution in [1.82, 2.24) is 10.2 Å². The maximum Gasteiger partial charge on any atom is 0.416 e. The molecule has 0 radical (unpaired) electrons. The van der Waals surface area contributed by atoms with Crippen LogP contribution in [0.3, 0.4) is 0 Å². The second-order valence-electron chi connectivity index (χ2n) is 6.72. The number of nitrogens with zero attached hydrogens (tertiary/aromatic N) is 1. The Kier molecular flexibility index (Phi) is 4.36. The maximum atomic E-state index is 12.6. The van der Waals surface area contributed by atoms with E-state index in [4.69, 9.17) is 0 Å². The Morgan fingerprint density at radius 2 is 1.78 bits per heavy atom. The molecule has 0 aliphatic carbocycles. The van der Waals surface area contributed by atoms with Gasteiger partial charge in [0.2, 0.25) is 5.91 Å². The van der Waals surface area contributed by atoms with E-state index in [0.717, 1.165) is 43.9 Å². The lowest BCUT2D eigenvalue weighted by molar-refractivity contribution is -0.137. The fourth-order valence-corrected chi connectivity index (χ4v) is 3.62. The summed E-state index contributed by atoms with van der Waals surface area (Å²) >= 11 is 0. The van der Waals surface area contributed by atoms with E-state index < -0.39 is 11.7 Å². The SMILES string of the molecule is CC(Cc1ccc(C(F)(F)F)cc1)C(=O)N1C[C@H]2CNC[C@H]2C1. The Balaban J connectivity index is 1.58. The molecule has 0 aromatic heterocycles. The number of rotatable bonds is 3. The average Bonchev–Trinajstić information content (AvgIpc) is 3.07. The molecule has 3 atom stereocenters. The minimum absolute atomic E-state index is 0.110. The number of likely N-dealkylation sites (tertiary alicyclic amines) is 1. The number of halogens is 3. The van der Waals surface area contributed by atoms with Crippen molar-refractivity contribution >= 4 is 5.91 Å². The van der Waals surface area contributed by atoms with E-state index in [1.165, 1.54) is 12.1 Å². The van der Waals surface area contributed by atoms with Crippen molar-refractivity contribution in [2.75, 3.05) is 26.2 Å².